The first-order chi connectivity index (χ1) is 6.29. The molecule has 0 radical (unpaired) electrons. The number of non-ortho nitro benzene ring substituents is 1. The fourth-order valence-electron chi connectivity index (χ4n) is 1.37. The van der Waals surface area contributed by atoms with Gasteiger partial charge in [0.2, 0.25) is 0 Å². The van der Waals surface area contributed by atoms with E-state index in [-0.39, 0.29) is 27.1 Å². The van der Waals surface area contributed by atoms with Crippen LogP contribution in [0.4, 0.5) is 5.69 Å². The van der Waals surface area contributed by atoms with Crippen molar-refractivity contribution in [2.75, 3.05) is 0 Å². The second-order valence-corrected chi connectivity index (χ2v) is 2.76. The summed E-state index contributed by atoms with van der Waals surface area (Å²) < 4.78 is 0. The monoisotopic (exact) mass is 231 g/mol. The molecule has 0 amide bonds. The van der Waals surface area contributed by atoms with Crippen LogP contribution in [0.2, 0.25) is 0 Å². The third-order valence-electron chi connectivity index (χ3n) is 1.96. The maximum atomic E-state index is 10.6. The molecule has 4 heteroatoms. The zero-order valence-electron chi connectivity index (χ0n) is 7.12. The number of nitro groups is 1. The second-order valence-electron chi connectivity index (χ2n) is 2.76. The molecule has 0 saturated heterocycles. The number of hydrogen-bond donors (Lipinski definition) is 0. The third kappa shape index (κ3) is 1.75. The van der Waals surface area contributed by atoms with Gasteiger partial charge in [0.25, 0.3) is 5.69 Å². The molecule has 0 aliphatic rings. The molecule has 3 nitrogen and oxygen atoms in total. The first-order valence-corrected chi connectivity index (χ1v) is 3.91. The number of fused-ring (bicyclic) bond motifs is 1. The van der Waals surface area contributed by atoms with E-state index in [0.717, 1.165) is 5.39 Å². The average Bonchev–Trinajstić information content (AvgIpc) is 2.17. The van der Waals surface area contributed by atoms with Crippen molar-refractivity contribution in [1.82, 2.24) is 0 Å². The SMILES string of the molecule is O=[N+]([O-])c1cccc2ccccc12.[Ni]. The summed E-state index contributed by atoms with van der Waals surface area (Å²) in [5.41, 5.74) is 0.165. The van der Waals surface area contributed by atoms with Gasteiger partial charge in [-0.15, -0.1) is 0 Å². The molecule has 74 valence electrons. The molecule has 2 aromatic carbocycles. The summed E-state index contributed by atoms with van der Waals surface area (Å²) in [5, 5.41) is 12.2. The van der Waals surface area contributed by atoms with Gasteiger partial charge in [0.1, 0.15) is 0 Å². The summed E-state index contributed by atoms with van der Waals surface area (Å²) in [5.74, 6) is 0. The van der Waals surface area contributed by atoms with Gasteiger partial charge in [-0.2, -0.15) is 0 Å². The minimum absolute atomic E-state index is 0. The predicted molar refractivity (Wildman–Crippen MR) is 50.6 cm³/mol. The maximum Gasteiger partial charge on any atom is 0.277 e. The van der Waals surface area contributed by atoms with Crippen molar-refractivity contribution in [3.05, 3.63) is 52.6 Å². The molecule has 2 rings (SSSR count). The summed E-state index contributed by atoms with van der Waals surface area (Å²) in [4.78, 5) is 10.3. The Balaban J connectivity index is 0.000000980. The first kappa shape index (κ1) is 10.7. The van der Waals surface area contributed by atoms with Crippen LogP contribution in [0, 0.1) is 10.1 Å². The third-order valence-corrected chi connectivity index (χ3v) is 1.96. The number of hydrogen-bond acceptors (Lipinski definition) is 2. The number of benzene rings is 2. The van der Waals surface area contributed by atoms with Crippen LogP contribution in [0.5, 0.6) is 0 Å². The summed E-state index contributed by atoms with van der Waals surface area (Å²) in [6.07, 6.45) is 0. The van der Waals surface area contributed by atoms with Crippen LogP contribution in [0.3, 0.4) is 0 Å². The molecule has 0 fully saturated rings. The van der Waals surface area contributed by atoms with Gasteiger partial charge in [-0.3, -0.25) is 10.1 Å². The van der Waals surface area contributed by atoms with Crippen molar-refractivity contribution < 1.29 is 21.4 Å². The molecule has 0 N–H and O–H groups in total. The van der Waals surface area contributed by atoms with Crippen LogP contribution >= 0.6 is 0 Å². The zero-order valence-corrected chi connectivity index (χ0v) is 8.11. The molecule has 14 heavy (non-hydrogen) atoms. The van der Waals surface area contributed by atoms with Crippen LogP contribution < -0.4 is 0 Å². The van der Waals surface area contributed by atoms with E-state index in [2.05, 4.69) is 0 Å². The molecular formula is C10H7NNiO2. The maximum absolute atomic E-state index is 10.6. The second kappa shape index (κ2) is 4.20. The van der Waals surface area contributed by atoms with Gasteiger partial charge >= 0.3 is 0 Å². The summed E-state index contributed by atoms with van der Waals surface area (Å²) in [6, 6.07) is 12.4. The van der Waals surface area contributed by atoms with Gasteiger partial charge < -0.3 is 0 Å². The molecule has 2 aromatic rings. The van der Waals surface area contributed by atoms with E-state index in [9.17, 15) is 10.1 Å². The van der Waals surface area contributed by atoms with E-state index in [1.165, 1.54) is 6.07 Å². The molecule has 0 aromatic heterocycles. The van der Waals surface area contributed by atoms with E-state index in [4.69, 9.17) is 0 Å². The van der Waals surface area contributed by atoms with Gasteiger partial charge in [-0.05, 0) is 11.5 Å². The minimum Gasteiger partial charge on any atom is -0.258 e. The van der Waals surface area contributed by atoms with Crippen molar-refractivity contribution in [2.24, 2.45) is 0 Å². The normalized spacial score (nSPS) is 9.43. The van der Waals surface area contributed by atoms with Gasteiger partial charge in [0.15, 0.2) is 0 Å². The number of rotatable bonds is 1. The number of nitrogens with zero attached hydrogens (tertiary/aromatic N) is 1. The van der Waals surface area contributed by atoms with Gasteiger partial charge in [0.05, 0.1) is 10.3 Å². The van der Waals surface area contributed by atoms with Crippen molar-refractivity contribution in [2.45, 2.75) is 0 Å². The summed E-state index contributed by atoms with van der Waals surface area (Å²) in [7, 11) is 0. The van der Waals surface area contributed by atoms with Crippen LogP contribution in [0.25, 0.3) is 10.8 Å². The molecule has 0 atom stereocenters. The summed E-state index contributed by atoms with van der Waals surface area (Å²) >= 11 is 0. The van der Waals surface area contributed by atoms with Crippen LogP contribution in [-0.4, -0.2) is 4.92 Å². The van der Waals surface area contributed by atoms with Crippen molar-refractivity contribution in [3.8, 4) is 0 Å². The Labute approximate surface area is 90.8 Å². The Bertz CT molecular complexity index is 465. The van der Waals surface area contributed by atoms with Crippen LogP contribution in [-0.2, 0) is 16.5 Å². The average molecular weight is 232 g/mol. The van der Waals surface area contributed by atoms with Crippen molar-refractivity contribution in [1.29, 1.82) is 0 Å². The quantitative estimate of drug-likeness (QED) is 0.430. The predicted octanol–water partition coefficient (Wildman–Crippen LogP) is 2.75. The smallest absolute Gasteiger partial charge is 0.258 e. The largest absolute Gasteiger partial charge is 0.277 e. The molecule has 0 spiro atoms. The van der Waals surface area contributed by atoms with E-state index in [0.29, 0.717) is 5.39 Å². The molecular weight excluding hydrogens is 225 g/mol. The van der Waals surface area contributed by atoms with E-state index < -0.39 is 0 Å². The van der Waals surface area contributed by atoms with Gasteiger partial charge in [-0.25, -0.2) is 0 Å². The fourth-order valence-corrected chi connectivity index (χ4v) is 1.37. The Morgan fingerprint density at radius 2 is 1.64 bits per heavy atom. The van der Waals surface area contributed by atoms with E-state index in [1.807, 2.05) is 18.2 Å². The molecule has 0 aliphatic carbocycles. The Morgan fingerprint density at radius 1 is 1.00 bits per heavy atom. The van der Waals surface area contributed by atoms with E-state index >= 15 is 0 Å². The molecule has 0 bridgehead atoms. The van der Waals surface area contributed by atoms with Gasteiger partial charge in [0, 0.05) is 22.6 Å². The standard InChI is InChI=1S/C10H7NO2.Ni/c12-11(13)10-7-3-5-8-4-1-2-6-9(8)10;/h1-7H;. The Morgan fingerprint density at radius 3 is 2.36 bits per heavy atom. The Hall–Kier alpha value is -1.41. The summed E-state index contributed by atoms with van der Waals surface area (Å²) in [6.45, 7) is 0. The van der Waals surface area contributed by atoms with Crippen LogP contribution in [0.1, 0.15) is 0 Å². The molecule has 0 aliphatic heterocycles. The zero-order chi connectivity index (χ0) is 9.26. The van der Waals surface area contributed by atoms with Gasteiger partial charge in [-0.1, -0.05) is 30.3 Å². The molecule has 0 unspecified atom stereocenters. The topological polar surface area (TPSA) is 43.1 Å². The fraction of sp³-hybridized carbons (Fsp3) is 0. The number of nitro benzene ring substituents is 1. The van der Waals surface area contributed by atoms with Crippen LogP contribution in [0.15, 0.2) is 42.5 Å². The Kier molecular flexibility index (Phi) is 3.20. The molecule has 0 saturated carbocycles. The minimum atomic E-state index is -0.359. The van der Waals surface area contributed by atoms with Crippen molar-refractivity contribution in [3.63, 3.8) is 0 Å². The van der Waals surface area contributed by atoms with E-state index in [1.54, 1.807) is 18.2 Å². The molecule has 0 heterocycles. The van der Waals surface area contributed by atoms with Crippen molar-refractivity contribution >= 4 is 16.5 Å². The first-order valence-electron chi connectivity index (χ1n) is 3.91.